The van der Waals surface area contributed by atoms with E-state index in [9.17, 15) is 14.9 Å². The van der Waals surface area contributed by atoms with E-state index < -0.39 is 10.8 Å². The van der Waals surface area contributed by atoms with Gasteiger partial charge in [0, 0.05) is 12.6 Å². The molecule has 0 aliphatic rings. The lowest BCUT2D eigenvalue weighted by molar-refractivity contribution is -0.385. The van der Waals surface area contributed by atoms with Crippen LogP contribution >= 0.6 is 11.6 Å². The predicted molar refractivity (Wildman–Crippen MR) is 79.1 cm³/mol. The fourth-order valence-corrected chi connectivity index (χ4v) is 2.51. The minimum atomic E-state index is -0.562. The lowest BCUT2D eigenvalue weighted by Gasteiger charge is -2.19. The number of hydrogen-bond donors (Lipinski definition) is 1. The summed E-state index contributed by atoms with van der Waals surface area (Å²) < 4.78 is 0. The number of benzene rings is 1. The van der Waals surface area contributed by atoms with Crippen molar-refractivity contribution in [2.75, 3.05) is 6.54 Å². The maximum atomic E-state index is 12.0. The standard InChI is InChI=1S/C14H19ClN2O3/c1-3-10(4-2)12(15)9-16-14(18)11-7-5-6-8-13(11)17(19)20/h5-8,10,12H,3-4,9H2,1-2H3,(H,16,18). The summed E-state index contributed by atoms with van der Waals surface area (Å²) in [5, 5.41) is 13.4. The van der Waals surface area contributed by atoms with Gasteiger partial charge in [-0.3, -0.25) is 14.9 Å². The number of hydrogen-bond acceptors (Lipinski definition) is 3. The van der Waals surface area contributed by atoms with Crippen molar-refractivity contribution in [3.8, 4) is 0 Å². The van der Waals surface area contributed by atoms with Gasteiger partial charge in [0.1, 0.15) is 5.56 Å². The zero-order valence-corrected chi connectivity index (χ0v) is 12.4. The predicted octanol–water partition coefficient (Wildman–Crippen LogP) is 3.37. The summed E-state index contributed by atoms with van der Waals surface area (Å²) in [6.07, 6.45) is 1.87. The van der Waals surface area contributed by atoms with Gasteiger partial charge in [0.15, 0.2) is 0 Å². The van der Waals surface area contributed by atoms with Gasteiger partial charge in [0.25, 0.3) is 11.6 Å². The lowest BCUT2D eigenvalue weighted by Crippen LogP contribution is -2.33. The summed E-state index contributed by atoms with van der Waals surface area (Å²) >= 11 is 6.23. The van der Waals surface area contributed by atoms with Crippen LogP contribution in [0.25, 0.3) is 0 Å². The fraction of sp³-hybridized carbons (Fsp3) is 0.500. The number of amides is 1. The molecule has 110 valence electrons. The highest BCUT2D eigenvalue weighted by Gasteiger charge is 2.21. The molecule has 1 rings (SSSR count). The molecule has 6 heteroatoms. The van der Waals surface area contributed by atoms with Gasteiger partial charge in [0.05, 0.1) is 10.3 Å². The lowest BCUT2D eigenvalue weighted by atomic mass is 9.99. The summed E-state index contributed by atoms with van der Waals surface area (Å²) in [5.74, 6) is -0.142. The monoisotopic (exact) mass is 298 g/mol. The van der Waals surface area contributed by atoms with E-state index in [0.717, 1.165) is 12.8 Å². The molecule has 1 aromatic carbocycles. The van der Waals surface area contributed by atoms with Crippen molar-refractivity contribution < 1.29 is 9.72 Å². The minimum absolute atomic E-state index is 0.0610. The molecule has 20 heavy (non-hydrogen) atoms. The summed E-state index contributed by atoms with van der Waals surface area (Å²) in [7, 11) is 0. The van der Waals surface area contributed by atoms with E-state index in [0.29, 0.717) is 12.5 Å². The third-order valence-electron chi connectivity index (χ3n) is 3.36. The second-order valence-corrected chi connectivity index (χ2v) is 5.14. The van der Waals surface area contributed by atoms with Crippen molar-refractivity contribution in [3.05, 3.63) is 39.9 Å². The second-order valence-electron chi connectivity index (χ2n) is 4.58. The molecule has 0 saturated carbocycles. The van der Waals surface area contributed by atoms with Crippen LogP contribution in [0.15, 0.2) is 24.3 Å². The van der Waals surface area contributed by atoms with Crippen LogP contribution in [0.1, 0.15) is 37.0 Å². The van der Waals surface area contributed by atoms with Crippen molar-refractivity contribution in [2.24, 2.45) is 5.92 Å². The van der Waals surface area contributed by atoms with Crippen molar-refractivity contribution in [1.29, 1.82) is 0 Å². The number of carbonyl (C=O) groups excluding carboxylic acids is 1. The van der Waals surface area contributed by atoms with Gasteiger partial charge in [-0.25, -0.2) is 0 Å². The average Bonchev–Trinajstić information content (AvgIpc) is 2.46. The normalized spacial score (nSPS) is 12.2. The van der Waals surface area contributed by atoms with Crippen LogP contribution in [0, 0.1) is 16.0 Å². The Balaban J connectivity index is 2.71. The Morgan fingerprint density at radius 3 is 2.50 bits per heavy atom. The minimum Gasteiger partial charge on any atom is -0.350 e. The Hall–Kier alpha value is -1.62. The fourth-order valence-electron chi connectivity index (χ4n) is 2.08. The molecule has 0 spiro atoms. The molecule has 0 saturated heterocycles. The molecule has 5 nitrogen and oxygen atoms in total. The van der Waals surface area contributed by atoms with E-state index in [4.69, 9.17) is 11.6 Å². The summed E-state index contributed by atoms with van der Waals surface area (Å²) in [6.45, 7) is 4.40. The van der Waals surface area contributed by atoms with Crippen LogP contribution < -0.4 is 5.32 Å². The quantitative estimate of drug-likeness (QED) is 0.476. The zero-order valence-electron chi connectivity index (χ0n) is 11.6. The van der Waals surface area contributed by atoms with Gasteiger partial charge in [-0.05, 0) is 12.0 Å². The van der Waals surface area contributed by atoms with E-state index in [-0.39, 0.29) is 16.6 Å². The van der Waals surface area contributed by atoms with Gasteiger partial charge in [-0.15, -0.1) is 11.6 Å². The molecule has 0 radical (unpaired) electrons. The van der Waals surface area contributed by atoms with Crippen LogP contribution in [-0.2, 0) is 0 Å². The third kappa shape index (κ3) is 4.20. The number of halogens is 1. The molecule has 1 aromatic rings. The summed E-state index contributed by atoms with van der Waals surface area (Å²) in [4.78, 5) is 22.3. The Kier molecular flexibility index (Phi) is 6.45. The molecule has 0 aliphatic carbocycles. The maximum Gasteiger partial charge on any atom is 0.282 e. The van der Waals surface area contributed by atoms with Crippen LogP contribution in [0.2, 0.25) is 0 Å². The number of carbonyl (C=O) groups is 1. The van der Waals surface area contributed by atoms with Crippen LogP contribution in [-0.4, -0.2) is 22.8 Å². The zero-order chi connectivity index (χ0) is 15.1. The first-order valence-corrected chi connectivity index (χ1v) is 7.10. The highest BCUT2D eigenvalue weighted by atomic mass is 35.5. The molecule has 1 atom stereocenters. The molecular formula is C14H19ClN2O3. The van der Waals surface area contributed by atoms with Crippen molar-refractivity contribution in [3.63, 3.8) is 0 Å². The number of nitrogens with zero attached hydrogens (tertiary/aromatic N) is 1. The first-order chi connectivity index (χ1) is 9.51. The Labute approximate surface area is 123 Å². The van der Waals surface area contributed by atoms with Gasteiger partial charge in [0.2, 0.25) is 0 Å². The van der Waals surface area contributed by atoms with E-state index in [1.165, 1.54) is 18.2 Å². The molecule has 0 aliphatic heterocycles. The molecule has 1 N–H and O–H groups in total. The smallest absolute Gasteiger partial charge is 0.282 e. The number of nitro benzene ring substituents is 1. The Bertz CT molecular complexity index is 475. The number of para-hydroxylation sites is 1. The molecule has 0 heterocycles. The maximum absolute atomic E-state index is 12.0. The van der Waals surface area contributed by atoms with Crippen LogP contribution in [0.5, 0.6) is 0 Å². The number of rotatable bonds is 7. The molecular weight excluding hydrogens is 280 g/mol. The van der Waals surface area contributed by atoms with E-state index in [1.54, 1.807) is 6.07 Å². The molecule has 1 amide bonds. The molecule has 0 aromatic heterocycles. The van der Waals surface area contributed by atoms with E-state index in [2.05, 4.69) is 5.32 Å². The van der Waals surface area contributed by atoms with E-state index >= 15 is 0 Å². The second kappa shape index (κ2) is 7.85. The average molecular weight is 299 g/mol. The van der Waals surface area contributed by atoms with Crippen molar-refractivity contribution >= 4 is 23.2 Å². The first kappa shape index (κ1) is 16.4. The van der Waals surface area contributed by atoms with Crippen LogP contribution in [0.4, 0.5) is 5.69 Å². The van der Waals surface area contributed by atoms with Crippen molar-refractivity contribution in [2.45, 2.75) is 32.1 Å². The van der Waals surface area contributed by atoms with Crippen LogP contribution in [0.3, 0.4) is 0 Å². The summed E-state index contributed by atoms with van der Waals surface area (Å²) in [5.41, 5.74) is -0.135. The summed E-state index contributed by atoms with van der Waals surface area (Å²) in [6, 6.07) is 5.88. The number of nitro groups is 1. The Morgan fingerprint density at radius 2 is 1.95 bits per heavy atom. The van der Waals surface area contributed by atoms with Gasteiger partial charge in [-0.1, -0.05) is 38.8 Å². The molecule has 0 fully saturated rings. The highest BCUT2D eigenvalue weighted by Crippen LogP contribution is 2.19. The highest BCUT2D eigenvalue weighted by molar-refractivity contribution is 6.21. The van der Waals surface area contributed by atoms with Gasteiger partial charge in [-0.2, -0.15) is 0 Å². The Morgan fingerprint density at radius 1 is 1.35 bits per heavy atom. The van der Waals surface area contributed by atoms with Gasteiger partial charge >= 0.3 is 0 Å². The van der Waals surface area contributed by atoms with Crippen molar-refractivity contribution in [1.82, 2.24) is 5.32 Å². The van der Waals surface area contributed by atoms with Gasteiger partial charge < -0.3 is 5.32 Å². The number of alkyl halides is 1. The van der Waals surface area contributed by atoms with E-state index in [1.807, 2.05) is 13.8 Å². The first-order valence-electron chi connectivity index (χ1n) is 6.66. The third-order valence-corrected chi connectivity index (χ3v) is 3.87. The molecule has 1 unspecified atom stereocenters. The topological polar surface area (TPSA) is 72.2 Å². The molecule has 0 bridgehead atoms. The largest absolute Gasteiger partial charge is 0.350 e. The SMILES string of the molecule is CCC(CC)C(Cl)CNC(=O)c1ccccc1[N+](=O)[O-]. The number of nitrogens with one attached hydrogen (secondary N) is 1.